The summed E-state index contributed by atoms with van der Waals surface area (Å²) in [5, 5.41) is 3.44. The van der Waals surface area contributed by atoms with Crippen LogP contribution in [0.3, 0.4) is 0 Å². The van der Waals surface area contributed by atoms with Gasteiger partial charge >= 0.3 is 0 Å². The van der Waals surface area contributed by atoms with E-state index in [1.54, 1.807) is 13.2 Å². The highest BCUT2D eigenvalue weighted by molar-refractivity contribution is 5.56. The van der Waals surface area contributed by atoms with Crippen LogP contribution in [-0.2, 0) is 0 Å². The lowest BCUT2D eigenvalue weighted by Crippen LogP contribution is -2.19. The normalized spacial score (nSPS) is 10.6. The van der Waals surface area contributed by atoms with Crippen molar-refractivity contribution in [2.45, 2.75) is 45.6 Å². The third-order valence-electron chi connectivity index (χ3n) is 2.80. The zero-order valence-corrected chi connectivity index (χ0v) is 10.9. The fourth-order valence-corrected chi connectivity index (χ4v) is 1.99. The second kappa shape index (κ2) is 7.15. The van der Waals surface area contributed by atoms with Crippen LogP contribution in [0.4, 0.5) is 10.1 Å². The van der Waals surface area contributed by atoms with Crippen molar-refractivity contribution in [3.05, 3.63) is 24.0 Å². The first kappa shape index (κ1) is 13.8. The van der Waals surface area contributed by atoms with Gasteiger partial charge in [-0.15, -0.1) is 0 Å². The number of ether oxygens (including phenoxy) is 1. The van der Waals surface area contributed by atoms with E-state index in [0.717, 1.165) is 31.4 Å². The summed E-state index contributed by atoms with van der Waals surface area (Å²) in [4.78, 5) is 0. The van der Waals surface area contributed by atoms with E-state index in [-0.39, 0.29) is 5.82 Å². The summed E-state index contributed by atoms with van der Waals surface area (Å²) < 4.78 is 18.2. The van der Waals surface area contributed by atoms with Crippen molar-refractivity contribution in [3.8, 4) is 5.75 Å². The van der Waals surface area contributed by atoms with Crippen molar-refractivity contribution in [1.29, 1.82) is 0 Å². The Bertz CT molecular complexity index is 335. The minimum Gasteiger partial charge on any atom is -0.494 e. The summed E-state index contributed by atoms with van der Waals surface area (Å²) in [6.07, 6.45) is 4.52. The van der Waals surface area contributed by atoms with E-state index in [1.165, 1.54) is 12.1 Å². The quantitative estimate of drug-likeness (QED) is 0.769. The van der Waals surface area contributed by atoms with E-state index >= 15 is 0 Å². The standard InChI is InChI=1S/C14H22FNO/c1-4-6-12(7-5-2)16-13-9-8-11(15)10-14(13)17-3/h8-10,12,16H,4-7H2,1-3H3. The van der Waals surface area contributed by atoms with Gasteiger partial charge in [0.25, 0.3) is 0 Å². The van der Waals surface area contributed by atoms with E-state index in [9.17, 15) is 4.39 Å². The number of hydrogen-bond acceptors (Lipinski definition) is 2. The van der Waals surface area contributed by atoms with Crippen LogP contribution in [0.25, 0.3) is 0 Å². The van der Waals surface area contributed by atoms with Crippen LogP contribution >= 0.6 is 0 Å². The molecule has 0 unspecified atom stereocenters. The molecule has 2 nitrogen and oxygen atoms in total. The Morgan fingerprint density at radius 2 is 1.88 bits per heavy atom. The number of benzene rings is 1. The molecular weight excluding hydrogens is 217 g/mol. The molecule has 0 saturated heterocycles. The highest BCUT2D eigenvalue weighted by Crippen LogP contribution is 2.26. The molecule has 0 amide bonds. The molecule has 0 aliphatic rings. The Morgan fingerprint density at radius 1 is 1.24 bits per heavy atom. The van der Waals surface area contributed by atoms with Crippen LogP contribution in [0.1, 0.15) is 39.5 Å². The molecule has 0 aliphatic heterocycles. The minimum absolute atomic E-state index is 0.269. The fourth-order valence-electron chi connectivity index (χ4n) is 1.99. The largest absolute Gasteiger partial charge is 0.494 e. The number of methoxy groups -OCH3 is 1. The van der Waals surface area contributed by atoms with Crippen molar-refractivity contribution < 1.29 is 9.13 Å². The maximum absolute atomic E-state index is 13.1. The van der Waals surface area contributed by atoms with Crippen LogP contribution in [0.15, 0.2) is 18.2 Å². The SMILES string of the molecule is CCCC(CCC)Nc1ccc(F)cc1OC. The van der Waals surface area contributed by atoms with Crippen LogP contribution in [0.2, 0.25) is 0 Å². The monoisotopic (exact) mass is 239 g/mol. The molecule has 1 N–H and O–H groups in total. The topological polar surface area (TPSA) is 21.3 Å². The highest BCUT2D eigenvalue weighted by atomic mass is 19.1. The molecule has 0 saturated carbocycles. The molecular formula is C14H22FNO. The van der Waals surface area contributed by atoms with E-state index in [4.69, 9.17) is 4.74 Å². The Morgan fingerprint density at radius 3 is 2.41 bits per heavy atom. The third-order valence-corrected chi connectivity index (χ3v) is 2.80. The number of hydrogen-bond donors (Lipinski definition) is 1. The predicted octanol–water partition coefficient (Wildman–Crippen LogP) is 4.22. The van der Waals surface area contributed by atoms with Crippen molar-refractivity contribution >= 4 is 5.69 Å². The van der Waals surface area contributed by atoms with Crippen molar-refractivity contribution in [2.24, 2.45) is 0 Å². The number of nitrogens with one attached hydrogen (secondary N) is 1. The average molecular weight is 239 g/mol. The molecule has 0 spiro atoms. The lowest BCUT2D eigenvalue weighted by atomic mass is 10.1. The summed E-state index contributed by atoms with van der Waals surface area (Å²) in [6, 6.07) is 5.05. The summed E-state index contributed by atoms with van der Waals surface area (Å²) in [7, 11) is 1.56. The van der Waals surface area contributed by atoms with Crippen LogP contribution in [-0.4, -0.2) is 13.2 Å². The van der Waals surface area contributed by atoms with Gasteiger partial charge in [0.15, 0.2) is 0 Å². The molecule has 0 bridgehead atoms. The zero-order valence-electron chi connectivity index (χ0n) is 10.9. The average Bonchev–Trinajstić information content (AvgIpc) is 2.32. The molecule has 0 fully saturated rings. The molecule has 1 rings (SSSR count). The van der Waals surface area contributed by atoms with Gasteiger partial charge in [-0.2, -0.15) is 0 Å². The highest BCUT2D eigenvalue weighted by Gasteiger charge is 2.10. The first-order chi connectivity index (χ1) is 8.21. The molecule has 3 heteroatoms. The Hall–Kier alpha value is -1.25. The smallest absolute Gasteiger partial charge is 0.144 e. The van der Waals surface area contributed by atoms with Crippen LogP contribution in [0.5, 0.6) is 5.75 Å². The molecule has 0 aliphatic carbocycles. The number of halogens is 1. The van der Waals surface area contributed by atoms with Crippen molar-refractivity contribution in [3.63, 3.8) is 0 Å². The van der Waals surface area contributed by atoms with Gasteiger partial charge in [0.05, 0.1) is 12.8 Å². The molecule has 1 aromatic carbocycles. The Labute approximate surface area is 103 Å². The van der Waals surface area contributed by atoms with Crippen molar-refractivity contribution in [2.75, 3.05) is 12.4 Å². The minimum atomic E-state index is -0.269. The van der Waals surface area contributed by atoms with Gasteiger partial charge in [0.2, 0.25) is 0 Å². The fraction of sp³-hybridized carbons (Fsp3) is 0.571. The number of rotatable bonds is 7. The predicted molar refractivity (Wildman–Crippen MR) is 70.2 cm³/mol. The van der Waals surface area contributed by atoms with Gasteiger partial charge in [-0.1, -0.05) is 26.7 Å². The van der Waals surface area contributed by atoms with Gasteiger partial charge in [0.1, 0.15) is 11.6 Å². The first-order valence-corrected chi connectivity index (χ1v) is 6.31. The second-order valence-electron chi connectivity index (χ2n) is 4.26. The van der Waals surface area contributed by atoms with Crippen LogP contribution < -0.4 is 10.1 Å². The van der Waals surface area contributed by atoms with E-state index in [1.807, 2.05) is 0 Å². The zero-order chi connectivity index (χ0) is 12.7. The third kappa shape index (κ3) is 4.25. The molecule has 17 heavy (non-hydrogen) atoms. The molecule has 0 aromatic heterocycles. The lowest BCUT2D eigenvalue weighted by molar-refractivity contribution is 0.412. The van der Waals surface area contributed by atoms with Crippen LogP contribution in [0, 0.1) is 5.82 Å². The summed E-state index contributed by atoms with van der Waals surface area (Å²) in [5.41, 5.74) is 0.876. The second-order valence-corrected chi connectivity index (χ2v) is 4.26. The van der Waals surface area contributed by atoms with E-state index in [2.05, 4.69) is 19.2 Å². The Balaban J connectivity index is 2.76. The summed E-state index contributed by atoms with van der Waals surface area (Å²) in [6.45, 7) is 4.35. The molecule has 0 atom stereocenters. The van der Waals surface area contributed by atoms with Gasteiger partial charge in [0, 0.05) is 12.1 Å². The summed E-state index contributed by atoms with van der Waals surface area (Å²) >= 11 is 0. The first-order valence-electron chi connectivity index (χ1n) is 6.31. The van der Waals surface area contributed by atoms with Gasteiger partial charge < -0.3 is 10.1 Å². The van der Waals surface area contributed by atoms with E-state index < -0.39 is 0 Å². The molecule has 96 valence electrons. The summed E-state index contributed by atoms with van der Waals surface area (Å²) in [5.74, 6) is 0.303. The van der Waals surface area contributed by atoms with Gasteiger partial charge in [-0.25, -0.2) is 4.39 Å². The van der Waals surface area contributed by atoms with Crippen molar-refractivity contribution in [1.82, 2.24) is 0 Å². The maximum atomic E-state index is 13.1. The van der Waals surface area contributed by atoms with Gasteiger partial charge in [-0.3, -0.25) is 0 Å². The number of anilines is 1. The molecule has 1 aromatic rings. The maximum Gasteiger partial charge on any atom is 0.144 e. The van der Waals surface area contributed by atoms with Gasteiger partial charge in [-0.05, 0) is 25.0 Å². The van der Waals surface area contributed by atoms with E-state index in [0.29, 0.717) is 11.8 Å². The lowest BCUT2D eigenvalue weighted by Gasteiger charge is -2.20. The molecule has 0 radical (unpaired) electrons. The Kier molecular flexibility index (Phi) is 5.81. The molecule has 0 heterocycles.